The van der Waals surface area contributed by atoms with E-state index in [9.17, 15) is 9.59 Å². The van der Waals surface area contributed by atoms with Crippen LogP contribution in [0.1, 0.15) is 29.2 Å². The van der Waals surface area contributed by atoms with Gasteiger partial charge in [-0.15, -0.1) is 0 Å². The molecule has 6 nitrogen and oxygen atoms in total. The molecule has 1 aromatic heterocycles. The second-order valence-electron chi connectivity index (χ2n) is 5.87. The molecule has 2 aliphatic rings. The summed E-state index contributed by atoms with van der Waals surface area (Å²) in [5.41, 5.74) is 0. The highest BCUT2D eigenvalue weighted by atomic mass is 16.4. The van der Waals surface area contributed by atoms with Crippen molar-refractivity contribution >= 4 is 11.9 Å². The summed E-state index contributed by atoms with van der Waals surface area (Å²) in [7, 11) is 1.55. The minimum atomic E-state index is -0.270. The van der Waals surface area contributed by atoms with Gasteiger partial charge in [-0.05, 0) is 36.8 Å². The molecule has 0 radical (unpaired) electrons. The van der Waals surface area contributed by atoms with E-state index in [1.165, 1.54) is 0 Å². The van der Waals surface area contributed by atoms with Crippen LogP contribution in [0.25, 0.3) is 0 Å². The Labute approximate surface area is 129 Å². The second-order valence-corrected chi connectivity index (χ2v) is 5.87. The van der Waals surface area contributed by atoms with E-state index < -0.39 is 0 Å². The minimum absolute atomic E-state index is 0.0627. The molecule has 3 amide bonds. The lowest BCUT2D eigenvalue weighted by Gasteiger charge is -2.17. The fourth-order valence-corrected chi connectivity index (χ4v) is 3.17. The number of hydrogen-bond donors (Lipinski definition) is 2. The lowest BCUT2D eigenvalue weighted by Crippen LogP contribution is -2.38. The molecule has 0 unspecified atom stereocenters. The van der Waals surface area contributed by atoms with Crippen LogP contribution in [-0.2, 0) is 6.54 Å². The third-order valence-corrected chi connectivity index (χ3v) is 4.43. The van der Waals surface area contributed by atoms with E-state index in [2.05, 4.69) is 22.8 Å². The van der Waals surface area contributed by atoms with Gasteiger partial charge in [-0.3, -0.25) is 4.79 Å². The normalized spacial score (nSPS) is 23.2. The summed E-state index contributed by atoms with van der Waals surface area (Å²) < 4.78 is 5.39. The number of carbonyl (C=O) groups excluding carboxylic acids is 2. The van der Waals surface area contributed by atoms with E-state index in [-0.39, 0.29) is 17.7 Å². The molecule has 1 aliphatic heterocycles. The molecule has 1 aromatic rings. The topological polar surface area (TPSA) is 74.6 Å². The number of nitrogens with one attached hydrogen (secondary N) is 2. The van der Waals surface area contributed by atoms with E-state index in [4.69, 9.17) is 4.42 Å². The van der Waals surface area contributed by atoms with E-state index in [0.29, 0.717) is 24.1 Å². The Morgan fingerprint density at radius 3 is 2.55 bits per heavy atom. The van der Waals surface area contributed by atoms with Crippen molar-refractivity contribution in [1.29, 1.82) is 0 Å². The Balaban J connectivity index is 1.50. The Morgan fingerprint density at radius 1 is 1.23 bits per heavy atom. The van der Waals surface area contributed by atoms with Crippen molar-refractivity contribution in [2.75, 3.05) is 20.1 Å². The monoisotopic (exact) mass is 303 g/mol. The van der Waals surface area contributed by atoms with E-state index in [0.717, 1.165) is 25.9 Å². The number of fused-ring (bicyclic) bond motifs is 1. The summed E-state index contributed by atoms with van der Waals surface area (Å²) in [5, 5.41) is 5.36. The van der Waals surface area contributed by atoms with Crippen LogP contribution in [-0.4, -0.2) is 37.0 Å². The number of amides is 3. The van der Waals surface area contributed by atoms with Crippen molar-refractivity contribution in [3.63, 3.8) is 0 Å². The maximum atomic E-state index is 12.2. The zero-order valence-electron chi connectivity index (χ0n) is 12.7. The molecule has 6 heteroatoms. The number of urea groups is 1. The molecule has 3 rings (SSSR count). The Morgan fingerprint density at radius 2 is 1.91 bits per heavy atom. The first-order valence-corrected chi connectivity index (χ1v) is 7.66. The maximum absolute atomic E-state index is 12.2. The van der Waals surface area contributed by atoms with Crippen LogP contribution in [0.3, 0.4) is 0 Å². The van der Waals surface area contributed by atoms with Crippen LogP contribution >= 0.6 is 0 Å². The summed E-state index contributed by atoms with van der Waals surface area (Å²) in [4.78, 5) is 25.5. The molecule has 1 aliphatic carbocycles. The summed E-state index contributed by atoms with van der Waals surface area (Å²) in [6, 6.07) is 3.25. The van der Waals surface area contributed by atoms with Crippen LogP contribution in [0.15, 0.2) is 28.7 Å². The SMILES string of the molecule is CNC(=O)c1ccc(CNC(=O)N2C[C@H]3CC=CC[C@H]3C2)o1. The first-order chi connectivity index (χ1) is 10.7. The molecule has 1 fully saturated rings. The van der Waals surface area contributed by atoms with Gasteiger partial charge in [0.1, 0.15) is 5.76 Å². The average molecular weight is 303 g/mol. The largest absolute Gasteiger partial charge is 0.454 e. The molecule has 2 heterocycles. The molecular weight excluding hydrogens is 282 g/mol. The van der Waals surface area contributed by atoms with Gasteiger partial charge < -0.3 is 20.0 Å². The molecule has 1 saturated heterocycles. The van der Waals surface area contributed by atoms with Gasteiger partial charge in [0, 0.05) is 20.1 Å². The average Bonchev–Trinajstić information content (AvgIpc) is 3.18. The third kappa shape index (κ3) is 3.00. The predicted molar refractivity (Wildman–Crippen MR) is 81.3 cm³/mol. The molecule has 0 bridgehead atoms. The molecule has 118 valence electrons. The van der Waals surface area contributed by atoms with Gasteiger partial charge in [0.25, 0.3) is 5.91 Å². The van der Waals surface area contributed by atoms with Gasteiger partial charge in [-0.2, -0.15) is 0 Å². The molecule has 2 N–H and O–H groups in total. The fourth-order valence-electron chi connectivity index (χ4n) is 3.17. The Bertz CT molecular complexity index is 577. The third-order valence-electron chi connectivity index (χ3n) is 4.43. The molecular formula is C16H21N3O3. The smallest absolute Gasteiger partial charge is 0.317 e. The van der Waals surface area contributed by atoms with Crippen LogP contribution < -0.4 is 10.6 Å². The summed E-state index contributed by atoms with van der Waals surface area (Å²) in [6.07, 6.45) is 6.57. The van der Waals surface area contributed by atoms with Crippen LogP contribution in [0.4, 0.5) is 4.79 Å². The predicted octanol–water partition coefficient (Wildman–Crippen LogP) is 1.75. The number of allylic oxidation sites excluding steroid dienone is 2. The Kier molecular flexibility index (Phi) is 4.18. The second kappa shape index (κ2) is 6.25. The first-order valence-electron chi connectivity index (χ1n) is 7.66. The van der Waals surface area contributed by atoms with Crippen molar-refractivity contribution < 1.29 is 14.0 Å². The quantitative estimate of drug-likeness (QED) is 0.835. The van der Waals surface area contributed by atoms with E-state index >= 15 is 0 Å². The van der Waals surface area contributed by atoms with Gasteiger partial charge in [-0.25, -0.2) is 4.79 Å². The lowest BCUT2D eigenvalue weighted by molar-refractivity contribution is 0.0934. The minimum Gasteiger partial charge on any atom is -0.454 e. The van der Waals surface area contributed by atoms with Gasteiger partial charge in [0.15, 0.2) is 5.76 Å². The number of carbonyl (C=O) groups is 2. The van der Waals surface area contributed by atoms with Crippen molar-refractivity contribution in [1.82, 2.24) is 15.5 Å². The number of likely N-dealkylation sites (tertiary alicyclic amines) is 1. The van der Waals surface area contributed by atoms with Crippen LogP contribution in [0.5, 0.6) is 0 Å². The molecule has 0 saturated carbocycles. The highest BCUT2D eigenvalue weighted by molar-refractivity contribution is 5.91. The zero-order chi connectivity index (χ0) is 15.5. The van der Waals surface area contributed by atoms with Crippen molar-refractivity contribution in [3.8, 4) is 0 Å². The van der Waals surface area contributed by atoms with Crippen molar-refractivity contribution in [3.05, 3.63) is 35.8 Å². The zero-order valence-corrected chi connectivity index (χ0v) is 12.7. The van der Waals surface area contributed by atoms with Crippen molar-refractivity contribution in [2.24, 2.45) is 11.8 Å². The first kappa shape index (κ1) is 14.7. The van der Waals surface area contributed by atoms with Gasteiger partial charge in [0.05, 0.1) is 6.54 Å². The van der Waals surface area contributed by atoms with Gasteiger partial charge in [-0.1, -0.05) is 12.2 Å². The number of nitrogens with zero attached hydrogens (tertiary/aromatic N) is 1. The maximum Gasteiger partial charge on any atom is 0.317 e. The number of hydrogen-bond acceptors (Lipinski definition) is 3. The number of furan rings is 1. The molecule has 0 aromatic carbocycles. The lowest BCUT2D eigenvalue weighted by atomic mass is 9.86. The summed E-state index contributed by atoms with van der Waals surface area (Å²) in [5.74, 6) is 1.75. The summed E-state index contributed by atoms with van der Waals surface area (Å²) in [6.45, 7) is 1.94. The molecule has 0 spiro atoms. The van der Waals surface area contributed by atoms with Crippen molar-refractivity contribution in [2.45, 2.75) is 19.4 Å². The van der Waals surface area contributed by atoms with Gasteiger partial charge >= 0.3 is 6.03 Å². The van der Waals surface area contributed by atoms with E-state index in [1.807, 2.05) is 4.90 Å². The molecule has 22 heavy (non-hydrogen) atoms. The van der Waals surface area contributed by atoms with Crippen LogP contribution in [0.2, 0.25) is 0 Å². The van der Waals surface area contributed by atoms with Crippen LogP contribution in [0, 0.1) is 11.8 Å². The molecule has 2 atom stereocenters. The fraction of sp³-hybridized carbons (Fsp3) is 0.500. The highest BCUT2D eigenvalue weighted by Gasteiger charge is 2.34. The van der Waals surface area contributed by atoms with E-state index in [1.54, 1.807) is 19.2 Å². The van der Waals surface area contributed by atoms with Gasteiger partial charge in [0.2, 0.25) is 0 Å². The standard InChI is InChI=1S/C16H21N3O3/c1-17-15(20)14-7-6-13(22-14)8-18-16(21)19-9-11-4-2-3-5-12(11)10-19/h2-3,6-7,11-12H,4-5,8-10H2,1H3,(H,17,20)(H,18,21)/t11-,12+. The number of rotatable bonds is 3. The summed E-state index contributed by atoms with van der Waals surface area (Å²) >= 11 is 0. The Hall–Kier alpha value is -2.24. The highest BCUT2D eigenvalue weighted by Crippen LogP contribution is 2.32.